The molecule has 60 heavy (non-hydrogen) atoms. The van der Waals surface area contributed by atoms with Gasteiger partial charge in [0.2, 0.25) is 0 Å². The Morgan fingerprint density at radius 2 is 0.650 bits per heavy atom. The third-order valence-electron chi connectivity index (χ3n) is 11.1. The Labute approximate surface area is 342 Å². The Kier molecular flexibility index (Phi) is 7.64. The molecule has 0 N–H and O–H groups in total. The summed E-state index contributed by atoms with van der Waals surface area (Å²) in [6.45, 7) is 0. The van der Waals surface area contributed by atoms with Crippen molar-refractivity contribution in [1.82, 2.24) is 44.9 Å². The van der Waals surface area contributed by atoms with E-state index in [2.05, 4.69) is 88.8 Å². The maximum Gasteiger partial charge on any atom is 0.164 e. The fraction of sp³-hybridized carbons (Fsp3) is 0. The van der Waals surface area contributed by atoms with Crippen molar-refractivity contribution in [2.24, 2.45) is 0 Å². The number of rotatable bonds is 5. The van der Waals surface area contributed by atoms with Crippen LogP contribution in [0.15, 0.2) is 177 Å². The monoisotopic (exact) mass is 767 g/mol. The maximum atomic E-state index is 5.28. The molecule has 9 heteroatoms. The van der Waals surface area contributed by atoms with E-state index in [9.17, 15) is 0 Å². The van der Waals surface area contributed by atoms with E-state index in [1.54, 1.807) is 12.4 Å². The number of fused-ring (bicyclic) bond motifs is 6. The minimum Gasteiger partial charge on any atom is -0.256 e. The van der Waals surface area contributed by atoms with Crippen LogP contribution < -0.4 is 0 Å². The fourth-order valence-electron chi connectivity index (χ4n) is 8.35. The van der Waals surface area contributed by atoms with E-state index in [0.29, 0.717) is 17.5 Å². The van der Waals surface area contributed by atoms with Gasteiger partial charge in [0.05, 0.1) is 33.1 Å². The molecule has 0 amide bonds. The number of pyridine rings is 6. The van der Waals surface area contributed by atoms with Crippen molar-refractivity contribution in [3.8, 4) is 56.4 Å². The van der Waals surface area contributed by atoms with Gasteiger partial charge in [0.15, 0.2) is 17.5 Å². The van der Waals surface area contributed by atoms with Crippen LogP contribution in [0.2, 0.25) is 0 Å². The molecular weight excluding hydrogens is 739 g/mol. The normalized spacial score (nSPS) is 11.7. The molecule has 0 aliphatic heterocycles. The number of benzene rings is 5. The van der Waals surface area contributed by atoms with Gasteiger partial charge in [-0.25, -0.2) is 15.0 Å². The predicted octanol–water partition coefficient (Wildman–Crippen LogP) is 11.5. The van der Waals surface area contributed by atoms with Crippen molar-refractivity contribution in [2.75, 3.05) is 0 Å². The zero-order chi connectivity index (χ0) is 39.6. The second-order valence-electron chi connectivity index (χ2n) is 14.7. The van der Waals surface area contributed by atoms with Crippen molar-refractivity contribution < 1.29 is 0 Å². The average molecular weight is 768 g/mol. The van der Waals surface area contributed by atoms with Crippen molar-refractivity contribution in [2.45, 2.75) is 0 Å². The van der Waals surface area contributed by atoms with Crippen LogP contribution in [0, 0.1) is 0 Å². The molecule has 0 fully saturated rings. The Balaban J connectivity index is 1.18. The largest absolute Gasteiger partial charge is 0.256 e. The lowest BCUT2D eigenvalue weighted by molar-refractivity contribution is 1.07. The fourth-order valence-corrected chi connectivity index (χ4v) is 8.35. The standard InChI is InChI=1S/C51H29N9/c1-7-30-23-34(13-15-41(30)52-17-1)49-58-50(35-14-16-42-31(24-35)8-2-18-53-42)60-51(59-49)38-26-36(45-39-11-5-19-54-43(39)28-32-9-3-21-56-47(32)45)25-37(27-38)46-40-12-6-20-55-44(40)29-33-10-4-22-57-48(33)46/h1-29H. The second kappa shape index (κ2) is 13.6. The lowest BCUT2D eigenvalue weighted by Gasteiger charge is -2.16. The first-order valence-corrected chi connectivity index (χ1v) is 19.6. The van der Waals surface area contributed by atoms with E-state index >= 15 is 0 Å². The molecule has 12 aromatic rings. The summed E-state index contributed by atoms with van der Waals surface area (Å²) in [5.41, 5.74) is 11.6. The summed E-state index contributed by atoms with van der Waals surface area (Å²) in [6, 6.07) is 47.2. The number of hydrogen-bond acceptors (Lipinski definition) is 9. The van der Waals surface area contributed by atoms with Crippen LogP contribution in [0.4, 0.5) is 0 Å². The van der Waals surface area contributed by atoms with Gasteiger partial charge >= 0.3 is 0 Å². The van der Waals surface area contributed by atoms with Crippen molar-refractivity contribution in [3.05, 3.63) is 177 Å². The first-order chi connectivity index (χ1) is 29.7. The predicted molar refractivity (Wildman–Crippen MR) is 239 cm³/mol. The van der Waals surface area contributed by atoms with E-state index in [0.717, 1.165) is 104 Å². The summed E-state index contributed by atoms with van der Waals surface area (Å²) >= 11 is 0. The Morgan fingerprint density at radius 3 is 1.13 bits per heavy atom. The van der Waals surface area contributed by atoms with E-state index in [4.69, 9.17) is 34.9 Å². The smallest absolute Gasteiger partial charge is 0.164 e. The van der Waals surface area contributed by atoms with Gasteiger partial charge in [-0.2, -0.15) is 0 Å². The number of hydrogen-bond donors (Lipinski definition) is 0. The van der Waals surface area contributed by atoms with E-state index in [-0.39, 0.29) is 0 Å². The van der Waals surface area contributed by atoms with Gasteiger partial charge in [-0.15, -0.1) is 0 Å². The van der Waals surface area contributed by atoms with Crippen LogP contribution in [0.5, 0.6) is 0 Å². The topological polar surface area (TPSA) is 116 Å². The third kappa shape index (κ3) is 5.67. The van der Waals surface area contributed by atoms with Gasteiger partial charge < -0.3 is 0 Å². The molecule has 0 aliphatic carbocycles. The summed E-state index contributed by atoms with van der Waals surface area (Å²) in [7, 11) is 0. The molecule has 7 heterocycles. The van der Waals surface area contributed by atoms with Gasteiger partial charge in [-0.1, -0.05) is 36.4 Å². The first kappa shape index (κ1) is 33.7. The van der Waals surface area contributed by atoms with Crippen LogP contribution in [0.3, 0.4) is 0 Å². The van der Waals surface area contributed by atoms with Crippen LogP contribution in [-0.2, 0) is 0 Å². The molecule has 0 atom stereocenters. The van der Waals surface area contributed by atoms with Gasteiger partial charge in [0.25, 0.3) is 0 Å². The Hall–Kier alpha value is -8.43. The second-order valence-corrected chi connectivity index (χ2v) is 14.7. The maximum absolute atomic E-state index is 5.28. The molecule has 7 aromatic heterocycles. The van der Waals surface area contributed by atoms with Crippen molar-refractivity contribution in [3.63, 3.8) is 0 Å². The molecule has 5 aromatic carbocycles. The van der Waals surface area contributed by atoms with E-state index in [1.807, 2.05) is 85.5 Å². The molecule has 0 bridgehead atoms. The van der Waals surface area contributed by atoms with E-state index in [1.165, 1.54) is 0 Å². The molecule has 0 saturated carbocycles. The van der Waals surface area contributed by atoms with Crippen LogP contribution >= 0.6 is 0 Å². The van der Waals surface area contributed by atoms with Gasteiger partial charge in [-0.3, -0.25) is 29.9 Å². The lowest BCUT2D eigenvalue weighted by atomic mass is 9.90. The summed E-state index contributed by atoms with van der Waals surface area (Å²) in [5.74, 6) is 1.60. The third-order valence-corrected chi connectivity index (χ3v) is 11.1. The van der Waals surface area contributed by atoms with Crippen LogP contribution in [0.1, 0.15) is 0 Å². The zero-order valence-electron chi connectivity index (χ0n) is 31.8. The summed E-state index contributed by atoms with van der Waals surface area (Å²) < 4.78 is 0. The quantitative estimate of drug-likeness (QED) is 0.158. The SMILES string of the molecule is c1cnc2ccc(-c3nc(-c4cc(-c5c6cccnc6cc6cccnc56)cc(-c5c6cccnc6cc6cccnc56)c4)nc(-c4ccc5ncccc5c4)n3)cc2c1. The number of aromatic nitrogens is 9. The Bertz CT molecular complexity index is 3360. The zero-order valence-corrected chi connectivity index (χ0v) is 31.8. The van der Waals surface area contributed by atoms with Crippen LogP contribution in [0.25, 0.3) is 122 Å². The highest BCUT2D eigenvalue weighted by Gasteiger charge is 2.20. The Morgan fingerprint density at radius 1 is 0.267 bits per heavy atom. The summed E-state index contributed by atoms with van der Waals surface area (Å²) in [4.78, 5) is 44.4. The minimum absolute atomic E-state index is 0.516. The van der Waals surface area contributed by atoms with Crippen molar-refractivity contribution in [1.29, 1.82) is 0 Å². The van der Waals surface area contributed by atoms with E-state index < -0.39 is 0 Å². The number of nitrogens with zero attached hydrogens (tertiary/aromatic N) is 9. The molecule has 0 spiro atoms. The van der Waals surface area contributed by atoms with Gasteiger partial charge in [-0.05, 0) is 114 Å². The highest BCUT2D eigenvalue weighted by atomic mass is 15.0. The first-order valence-electron chi connectivity index (χ1n) is 19.6. The molecule has 0 unspecified atom stereocenters. The molecule has 9 nitrogen and oxygen atoms in total. The minimum atomic E-state index is 0.516. The molecular formula is C51H29N9. The van der Waals surface area contributed by atoms with Gasteiger partial charge in [0.1, 0.15) is 0 Å². The summed E-state index contributed by atoms with van der Waals surface area (Å²) in [6.07, 6.45) is 10.9. The lowest BCUT2D eigenvalue weighted by Crippen LogP contribution is -2.01. The molecule has 12 rings (SSSR count). The highest BCUT2D eigenvalue weighted by molar-refractivity contribution is 6.13. The summed E-state index contributed by atoms with van der Waals surface area (Å²) in [5, 5.41) is 5.95. The van der Waals surface area contributed by atoms with Gasteiger partial charge in [0, 0.05) is 97.3 Å². The van der Waals surface area contributed by atoms with Crippen molar-refractivity contribution >= 4 is 65.4 Å². The average Bonchev–Trinajstić information content (AvgIpc) is 3.31. The van der Waals surface area contributed by atoms with Crippen LogP contribution in [-0.4, -0.2) is 44.9 Å². The molecule has 278 valence electrons. The highest BCUT2D eigenvalue weighted by Crippen LogP contribution is 2.42. The molecule has 0 saturated heterocycles. The molecule has 0 aliphatic rings. The molecule has 0 radical (unpaired) electrons.